The van der Waals surface area contributed by atoms with Gasteiger partial charge < -0.3 is 4.74 Å². The molecule has 1 atom stereocenters. The van der Waals surface area contributed by atoms with Crippen LogP contribution in [0.2, 0.25) is 0 Å². The number of hydrogen-bond donors (Lipinski definition) is 0. The Labute approximate surface area is 192 Å². The van der Waals surface area contributed by atoms with Crippen LogP contribution in [0.25, 0.3) is 10.4 Å². The van der Waals surface area contributed by atoms with Crippen LogP contribution in [0.1, 0.15) is 57.4 Å². The van der Waals surface area contributed by atoms with Crippen molar-refractivity contribution in [1.82, 2.24) is 4.98 Å². The molecule has 5 nitrogen and oxygen atoms in total. The van der Waals surface area contributed by atoms with E-state index < -0.39 is 5.97 Å². The lowest BCUT2D eigenvalue weighted by Crippen LogP contribution is -2.28. The minimum Gasteiger partial charge on any atom is -0.466 e. The molecule has 7 heteroatoms. The van der Waals surface area contributed by atoms with Crippen LogP contribution in [0.4, 0.5) is 0 Å². The molecule has 0 saturated heterocycles. The van der Waals surface area contributed by atoms with Crippen molar-refractivity contribution in [3.63, 3.8) is 0 Å². The van der Waals surface area contributed by atoms with E-state index in [1.807, 2.05) is 17.5 Å². The molecule has 0 aromatic carbocycles. The molecule has 1 aliphatic carbocycles. The van der Waals surface area contributed by atoms with Gasteiger partial charge in [0.05, 0.1) is 17.9 Å². The fourth-order valence-electron chi connectivity index (χ4n) is 3.95. The predicted octanol–water partition coefficient (Wildman–Crippen LogP) is 5.45. The Morgan fingerprint density at radius 3 is 2.77 bits per heavy atom. The monoisotopic (exact) mass is 456 g/mol. The molecule has 0 bridgehead atoms. The van der Waals surface area contributed by atoms with Gasteiger partial charge in [0.2, 0.25) is 0 Å². The largest absolute Gasteiger partial charge is 0.466 e. The van der Waals surface area contributed by atoms with Gasteiger partial charge in [-0.25, -0.2) is 4.98 Å². The molecule has 1 unspecified atom stereocenters. The second kappa shape index (κ2) is 9.97. The van der Waals surface area contributed by atoms with Crippen molar-refractivity contribution in [3.05, 3.63) is 34.3 Å². The molecule has 2 aromatic rings. The van der Waals surface area contributed by atoms with Gasteiger partial charge in [-0.1, -0.05) is 38.6 Å². The van der Waals surface area contributed by atoms with Crippen LogP contribution in [-0.2, 0) is 27.2 Å². The summed E-state index contributed by atoms with van der Waals surface area (Å²) in [4.78, 5) is 29.8. The lowest BCUT2D eigenvalue weighted by atomic mass is 9.71. The van der Waals surface area contributed by atoms with Gasteiger partial charge in [-0.3, -0.25) is 9.59 Å². The lowest BCUT2D eigenvalue weighted by molar-refractivity contribution is -0.145. The quantitative estimate of drug-likeness (QED) is 0.313. The average molecular weight is 457 g/mol. The highest BCUT2D eigenvalue weighted by molar-refractivity contribution is 8.00. The number of fused-ring (bicyclic) bond motifs is 1. The van der Waals surface area contributed by atoms with Gasteiger partial charge in [0.1, 0.15) is 17.5 Å². The number of carbonyl (C=O) groups is 2. The van der Waals surface area contributed by atoms with Crippen LogP contribution < -0.4 is 0 Å². The number of thioether (sulfide) groups is 1. The van der Waals surface area contributed by atoms with Crippen molar-refractivity contribution in [2.45, 2.75) is 58.4 Å². The molecule has 2 heterocycles. The van der Waals surface area contributed by atoms with Gasteiger partial charge in [0.15, 0.2) is 5.78 Å². The van der Waals surface area contributed by atoms with Crippen molar-refractivity contribution < 1.29 is 14.3 Å². The van der Waals surface area contributed by atoms with Gasteiger partial charge in [-0.05, 0) is 54.5 Å². The maximum Gasteiger partial charge on any atom is 0.313 e. The summed E-state index contributed by atoms with van der Waals surface area (Å²) in [5, 5.41) is 12.6. The summed E-state index contributed by atoms with van der Waals surface area (Å²) in [5.41, 5.74) is 3.88. The van der Waals surface area contributed by atoms with Crippen LogP contribution in [0.5, 0.6) is 0 Å². The van der Waals surface area contributed by atoms with Crippen molar-refractivity contribution in [2.24, 2.45) is 11.3 Å². The number of ketones is 1. The van der Waals surface area contributed by atoms with E-state index in [1.165, 1.54) is 17.3 Å². The summed E-state index contributed by atoms with van der Waals surface area (Å²) in [6, 6.07) is 6.38. The Bertz CT molecular complexity index is 1000. The summed E-state index contributed by atoms with van der Waals surface area (Å²) in [5.74, 6) is -0.136. The molecule has 3 rings (SSSR count). The highest BCUT2D eigenvalue weighted by Crippen LogP contribution is 2.43. The minimum atomic E-state index is -0.515. The van der Waals surface area contributed by atoms with Crippen LogP contribution in [0.3, 0.4) is 0 Å². The number of aromatic nitrogens is 1. The van der Waals surface area contributed by atoms with E-state index in [2.05, 4.69) is 26.8 Å². The number of hydrogen-bond acceptors (Lipinski definition) is 7. The number of ether oxygens (including phenoxy) is 1. The van der Waals surface area contributed by atoms with Crippen molar-refractivity contribution in [1.29, 1.82) is 5.26 Å². The van der Waals surface area contributed by atoms with Gasteiger partial charge in [-0.15, -0.1) is 11.3 Å². The summed E-state index contributed by atoms with van der Waals surface area (Å²) < 4.78 is 4.86. The molecule has 31 heavy (non-hydrogen) atoms. The van der Waals surface area contributed by atoms with Crippen LogP contribution >= 0.6 is 23.1 Å². The van der Waals surface area contributed by atoms with Gasteiger partial charge in [0.25, 0.3) is 0 Å². The third-order valence-corrected chi connectivity index (χ3v) is 7.58. The molecule has 164 valence electrons. The number of thiophene rings is 1. The standard InChI is InChI=1S/C24H28N2O3S2/c1-5-29-21(28)12-16(27)14-31-23-18(13-25)22(20-7-6-10-30-20)17-9-8-15(24(2,3)4)11-19(17)26-23/h6-7,10,15H,5,8-9,11-12,14H2,1-4H3. The fraction of sp³-hybridized carbons (Fsp3) is 0.500. The third kappa shape index (κ3) is 5.55. The van der Waals surface area contributed by atoms with E-state index in [1.54, 1.807) is 18.3 Å². The lowest BCUT2D eigenvalue weighted by Gasteiger charge is -2.35. The number of nitriles is 1. The second-order valence-corrected chi connectivity index (χ2v) is 10.7. The molecule has 1 aliphatic rings. The number of esters is 1. The van der Waals surface area contributed by atoms with Crippen molar-refractivity contribution in [3.8, 4) is 16.5 Å². The van der Waals surface area contributed by atoms with Gasteiger partial charge >= 0.3 is 5.97 Å². The van der Waals surface area contributed by atoms with Crippen molar-refractivity contribution >= 4 is 34.9 Å². The smallest absolute Gasteiger partial charge is 0.313 e. The first-order valence-electron chi connectivity index (χ1n) is 10.5. The Kier molecular flexibility index (Phi) is 7.55. The highest BCUT2D eigenvalue weighted by Gasteiger charge is 2.33. The SMILES string of the molecule is CCOC(=O)CC(=O)CSc1nc2c(c(-c3cccs3)c1C#N)CCC(C(C)(C)C)C2. The third-order valence-electron chi connectivity index (χ3n) is 5.65. The highest BCUT2D eigenvalue weighted by atomic mass is 32.2. The molecule has 0 fully saturated rings. The van der Waals surface area contributed by atoms with E-state index in [-0.39, 0.29) is 30.0 Å². The minimum absolute atomic E-state index is 0.0891. The summed E-state index contributed by atoms with van der Waals surface area (Å²) >= 11 is 2.86. The second-order valence-electron chi connectivity index (χ2n) is 8.80. The molecular weight excluding hydrogens is 428 g/mol. The molecule has 0 N–H and O–H groups in total. The molecule has 0 spiro atoms. The first-order valence-corrected chi connectivity index (χ1v) is 12.4. The first-order chi connectivity index (χ1) is 14.7. The maximum absolute atomic E-state index is 12.3. The molecule has 0 radical (unpaired) electrons. The first kappa shape index (κ1) is 23.5. The number of rotatable bonds is 7. The number of nitrogens with zero attached hydrogens (tertiary/aromatic N) is 2. The Morgan fingerprint density at radius 2 is 2.16 bits per heavy atom. The van der Waals surface area contributed by atoms with Crippen LogP contribution in [0.15, 0.2) is 22.5 Å². The van der Waals surface area contributed by atoms with E-state index >= 15 is 0 Å². The molecule has 0 aliphatic heterocycles. The van der Waals surface area contributed by atoms with E-state index in [9.17, 15) is 14.9 Å². The maximum atomic E-state index is 12.3. The Balaban J connectivity index is 1.96. The normalized spacial score (nSPS) is 15.8. The van der Waals surface area contributed by atoms with E-state index in [0.29, 0.717) is 16.5 Å². The molecule has 0 saturated carbocycles. The van der Waals surface area contributed by atoms with E-state index in [0.717, 1.165) is 35.4 Å². The zero-order valence-corrected chi connectivity index (χ0v) is 20.1. The summed E-state index contributed by atoms with van der Waals surface area (Å²) in [6.45, 7) is 8.75. The molecule has 0 amide bonds. The van der Waals surface area contributed by atoms with Crippen LogP contribution in [-0.4, -0.2) is 29.1 Å². The topological polar surface area (TPSA) is 80.1 Å². The average Bonchev–Trinajstić information content (AvgIpc) is 3.24. The van der Waals surface area contributed by atoms with Crippen molar-refractivity contribution in [2.75, 3.05) is 12.4 Å². The summed E-state index contributed by atoms with van der Waals surface area (Å²) in [7, 11) is 0. The number of pyridine rings is 1. The number of carbonyl (C=O) groups excluding carboxylic acids is 2. The molecular formula is C24H28N2O3S2. The van der Waals surface area contributed by atoms with Gasteiger partial charge in [-0.2, -0.15) is 5.26 Å². The Morgan fingerprint density at radius 1 is 1.39 bits per heavy atom. The molecule has 2 aromatic heterocycles. The van der Waals surface area contributed by atoms with Crippen LogP contribution in [0, 0.1) is 22.7 Å². The van der Waals surface area contributed by atoms with E-state index in [4.69, 9.17) is 9.72 Å². The van der Waals surface area contributed by atoms with Gasteiger partial charge in [0, 0.05) is 16.1 Å². The zero-order valence-electron chi connectivity index (χ0n) is 18.5. The summed E-state index contributed by atoms with van der Waals surface area (Å²) in [6.07, 6.45) is 2.59. The Hall–Kier alpha value is -2.17. The fourth-order valence-corrected chi connectivity index (χ4v) is 5.62. The zero-order chi connectivity index (χ0) is 22.6. The predicted molar refractivity (Wildman–Crippen MR) is 124 cm³/mol. The number of Topliss-reactive ketones (excluding diaryl/α,β-unsaturated/α-hetero) is 1.